The van der Waals surface area contributed by atoms with Crippen LogP contribution in [0.2, 0.25) is 0 Å². The summed E-state index contributed by atoms with van der Waals surface area (Å²) < 4.78 is 13.0. The molecular weight excluding hydrogens is 315 g/mol. The van der Waals surface area contributed by atoms with E-state index in [4.69, 9.17) is 0 Å². The van der Waals surface area contributed by atoms with E-state index in [0.29, 0.717) is 13.1 Å². The standard InChI is InChI=1S/C21H23FN2O/c1-2-17-3-5-18(6-4-17)7-12-21(25)24-15-13-23(14-16-24)20-10-8-19(22)9-11-20/h3-12H,2,13-16H2,1H3/b12-7+. The number of halogens is 1. The number of carbonyl (C=O) groups is 1. The summed E-state index contributed by atoms with van der Waals surface area (Å²) in [5.41, 5.74) is 3.33. The summed E-state index contributed by atoms with van der Waals surface area (Å²) in [5, 5.41) is 0. The van der Waals surface area contributed by atoms with E-state index in [-0.39, 0.29) is 11.7 Å². The molecule has 0 unspecified atom stereocenters. The number of benzene rings is 2. The van der Waals surface area contributed by atoms with E-state index in [1.807, 2.05) is 23.1 Å². The fourth-order valence-electron chi connectivity index (χ4n) is 2.97. The molecule has 25 heavy (non-hydrogen) atoms. The van der Waals surface area contributed by atoms with Crippen LogP contribution in [0.4, 0.5) is 10.1 Å². The molecule has 1 fully saturated rings. The molecule has 0 aliphatic carbocycles. The van der Waals surface area contributed by atoms with Crippen molar-refractivity contribution in [2.75, 3.05) is 31.1 Å². The molecule has 1 amide bonds. The maximum Gasteiger partial charge on any atom is 0.246 e. The molecule has 0 atom stereocenters. The molecular formula is C21H23FN2O. The van der Waals surface area contributed by atoms with E-state index in [0.717, 1.165) is 30.8 Å². The van der Waals surface area contributed by atoms with E-state index in [9.17, 15) is 9.18 Å². The summed E-state index contributed by atoms with van der Waals surface area (Å²) in [4.78, 5) is 16.4. The first-order valence-electron chi connectivity index (χ1n) is 8.72. The van der Waals surface area contributed by atoms with Gasteiger partial charge in [-0.05, 0) is 47.9 Å². The fraction of sp³-hybridized carbons (Fsp3) is 0.286. The van der Waals surface area contributed by atoms with Crippen LogP contribution in [-0.4, -0.2) is 37.0 Å². The van der Waals surface area contributed by atoms with Gasteiger partial charge in [-0.2, -0.15) is 0 Å². The van der Waals surface area contributed by atoms with Gasteiger partial charge in [-0.25, -0.2) is 4.39 Å². The lowest BCUT2D eigenvalue weighted by Crippen LogP contribution is -2.48. The zero-order valence-corrected chi connectivity index (χ0v) is 14.5. The van der Waals surface area contributed by atoms with E-state index in [1.165, 1.54) is 17.7 Å². The molecule has 3 nitrogen and oxygen atoms in total. The predicted octanol–water partition coefficient (Wildman–Crippen LogP) is 3.75. The SMILES string of the molecule is CCc1ccc(/C=C/C(=O)N2CCN(c3ccc(F)cc3)CC2)cc1. The average molecular weight is 338 g/mol. The molecule has 0 saturated carbocycles. The molecule has 2 aromatic carbocycles. The van der Waals surface area contributed by atoms with Crippen molar-refractivity contribution in [2.45, 2.75) is 13.3 Å². The monoisotopic (exact) mass is 338 g/mol. The largest absolute Gasteiger partial charge is 0.368 e. The first-order chi connectivity index (χ1) is 12.2. The van der Waals surface area contributed by atoms with Crippen molar-refractivity contribution in [3.8, 4) is 0 Å². The summed E-state index contributed by atoms with van der Waals surface area (Å²) in [6.45, 7) is 5.00. The summed E-state index contributed by atoms with van der Waals surface area (Å²) in [6, 6.07) is 14.8. The van der Waals surface area contributed by atoms with Crippen LogP contribution < -0.4 is 4.90 Å². The molecule has 1 aliphatic rings. The Hall–Kier alpha value is -2.62. The topological polar surface area (TPSA) is 23.6 Å². The number of rotatable bonds is 4. The van der Waals surface area contributed by atoms with Gasteiger partial charge in [0.05, 0.1) is 0 Å². The molecule has 1 saturated heterocycles. The lowest BCUT2D eigenvalue weighted by Gasteiger charge is -2.35. The number of hydrogen-bond donors (Lipinski definition) is 0. The van der Waals surface area contributed by atoms with Gasteiger partial charge in [-0.15, -0.1) is 0 Å². The molecule has 0 spiro atoms. The first-order valence-corrected chi connectivity index (χ1v) is 8.72. The number of anilines is 1. The van der Waals surface area contributed by atoms with Gasteiger partial charge in [-0.3, -0.25) is 4.79 Å². The maximum absolute atomic E-state index is 13.0. The smallest absolute Gasteiger partial charge is 0.246 e. The van der Waals surface area contributed by atoms with Crippen LogP contribution in [-0.2, 0) is 11.2 Å². The molecule has 0 bridgehead atoms. The van der Waals surface area contributed by atoms with Crippen LogP contribution in [0.15, 0.2) is 54.6 Å². The van der Waals surface area contributed by atoms with Gasteiger partial charge in [0.25, 0.3) is 0 Å². The summed E-state index contributed by atoms with van der Waals surface area (Å²) in [6.07, 6.45) is 4.53. The normalized spacial score (nSPS) is 15.0. The Morgan fingerprint density at radius 1 is 1.00 bits per heavy atom. The highest BCUT2D eigenvalue weighted by Crippen LogP contribution is 2.17. The number of aryl methyl sites for hydroxylation is 1. The highest BCUT2D eigenvalue weighted by molar-refractivity contribution is 5.92. The number of piperazine rings is 1. The van der Waals surface area contributed by atoms with E-state index in [1.54, 1.807) is 18.2 Å². The van der Waals surface area contributed by atoms with Crippen molar-refractivity contribution in [3.05, 3.63) is 71.6 Å². The van der Waals surface area contributed by atoms with E-state index in [2.05, 4.69) is 24.0 Å². The maximum atomic E-state index is 13.0. The van der Waals surface area contributed by atoms with Crippen molar-refractivity contribution in [2.24, 2.45) is 0 Å². The van der Waals surface area contributed by atoms with Gasteiger partial charge in [0.15, 0.2) is 0 Å². The predicted molar refractivity (Wildman–Crippen MR) is 100 cm³/mol. The minimum atomic E-state index is -0.227. The van der Waals surface area contributed by atoms with Crippen LogP contribution in [0.3, 0.4) is 0 Å². The summed E-state index contributed by atoms with van der Waals surface area (Å²) >= 11 is 0. The Morgan fingerprint density at radius 3 is 2.24 bits per heavy atom. The second-order valence-corrected chi connectivity index (χ2v) is 6.22. The third kappa shape index (κ3) is 4.47. The minimum absolute atomic E-state index is 0.0401. The van der Waals surface area contributed by atoms with Gasteiger partial charge in [0, 0.05) is 37.9 Å². The minimum Gasteiger partial charge on any atom is -0.368 e. The third-order valence-electron chi connectivity index (χ3n) is 4.59. The average Bonchev–Trinajstić information content (AvgIpc) is 2.67. The number of amides is 1. The highest BCUT2D eigenvalue weighted by atomic mass is 19.1. The van der Waals surface area contributed by atoms with E-state index < -0.39 is 0 Å². The Morgan fingerprint density at radius 2 is 1.64 bits per heavy atom. The van der Waals surface area contributed by atoms with Crippen molar-refractivity contribution in [3.63, 3.8) is 0 Å². The van der Waals surface area contributed by atoms with Gasteiger partial charge in [0.1, 0.15) is 5.82 Å². The third-order valence-corrected chi connectivity index (χ3v) is 4.59. The molecule has 4 heteroatoms. The summed E-state index contributed by atoms with van der Waals surface area (Å²) in [7, 11) is 0. The molecule has 130 valence electrons. The van der Waals surface area contributed by atoms with Gasteiger partial charge in [0.2, 0.25) is 5.91 Å². The van der Waals surface area contributed by atoms with Crippen molar-refractivity contribution in [1.82, 2.24) is 4.90 Å². The lowest BCUT2D eigenvalue weighted by molar-refractivity contribution is -0.126. The molecule has 0 N–H and O–H groups in total. The van der Waals surface area contributed by atoms with Crippen LogP contribution in [0, 0.1) is 5.82 Å². The van der Waals surface area contributed by atoms with Gasteiger partial charge >= 0.3 is 0 Å². The van der Waals surface area contributed by atoms with Crippen LogP contribution in [0.5, 0.6) is 0 Å². The second-order valence-electron chi connectivity index (χ2n) is 6.22. The van der Waals surface area contributed by atoms with Crippen LogP contribution in [0.25, 0.3) is 6.08 Å². The van der Waals surface area contributed by atoms with Crippen LogP contribution >= 0.6 is 0 Å². The number of nitrogens with zero attached hydrogens (tertiary/aromatic N) is 2. The number of carbonyl (C=O) groups excluding carboxylic acids is 1. The van der Waals surface area contributed by atoms with Gasteiger partial charge < -0.3 is 9.80 Å². The first kappa shape index (κ1) is 17.2. The second kappa shape index (κ2) is 7.97. The highest BCUT2D eigenvalue weighted by Gasteiger charge is 2.19. The van der Waals surface area contributed by atoms with Crippen LogP contribution in [0.1, 0.15) is 18.1 Å². The zero-order chi connectivity index (χ0) is 17.6. The molecule has 3 rings (SSSR count). The quantitative estimate of drug-likeness (QED) is 0.793. The molecule has 2 aromatic rings. The molecule has 0 radical (unpaired) electrons. The lowest BCUT2D eigenvalue weighted by atomic mass is 10.1. The Bertz CT molecular complexity index is 729. The molecule has 1 heterocycles. The van der Waals surface area contributed by atoms with Crippen molar-refractivity contribution in [1.29, 1.82) is 0 Å². The molecule has 0 aromatic heterocycles. The van der Waals surface area contributed by atoms with E-state index >= 15 is 0 Å². The van der Waals surface area contributed by atoms with Crippen molar-refractivity contribution < 1.29 is 9.18 Å². The Balaban J connectivity index is 1.54. The Labute approximate surface area is 148 Å². The zero-order valence-electron chi connectivity index (χ0n) is 14.5. The van der Waals surface area contributed by atoms with Gasteiger partial charge in [-0.1, -0.05) is 31.2 Å². The summed E-state index contributed by atoms with van der Waals surface area (Å²) in [5.74, 6) is -0.187. The Kier molecular flexibility index (Phi) is 5.49. The fourth-order valence-corrected chi connectivity index (χ4v) is 2.97. The van der Waals surface area contributed by atoms with Crippen molar-refractivity contribution >= 4 is 17.7 Å². The number of hydrogen-bond acceptors (Lipinski definition) is 2. The molecule has 1 aliphatic heterocycles.